The third kappa shape index (κ3) is 9.18. The number of rotatable bonds is 9. The third-order valence-electron chi connectivity index (χ3n) is 11.9. The van der Waals surface area contributed by atoms with E-state index in [-0.39, 0.29) is 66.9 Å². The van der Waals surface area contributed by atoms with Crippen LogP contribution in [0.4, 0.5) is 0 Å². The fourth-order valence-electron chi connectivity index (χ4n) is 8.01. The third-order valence-corrected chi connectivity index (χ3v) is 11.9. The predicted molar refractivity (Wildman–Crippen MR) is 266 cm³/mol. The summed E-state index contributed by atoms with van der Waals surface area (Å²) in [4.78, 5) is 9.98. The van der Waals surface area contributed by atoms with Gasteiger partial charge in [0.15, 0.2) is 0 Å². The van der Waals surface area contributed by atoms with E-state index in [1.807, 2.05) is 83.1 Å². The van der Waals surface area contributed by atoms with Crippen LogP contribution in [0.1, 0.15) is 141 Å². The number of pyridine rings is 1. The summed E-state index contributed by atoms with van der Waals surface area (Å²) in [6, 6.07) is 28.1. The molecule has 0 unspecified atom stereocenters. The molecule has 0 bridgehead atoms. The Balaban J connectivity index is 0.00000780. The van der Waals surface area contributed by atoms with Crippen molar-refractivity contribution < 1.29 is 38.5 Å². The molecule has 2 aromatic heterocycles. The zero-order valence-corrected chi connectivity index (χ0v) is 41.1. The Labute approximate surface area is 408 Å². The maximum Gasteiger partial charge on any atom is 0.148 e. The van der Waals surface area contributed by atoms with Gasteiger partial charge in [-0.15, -0.1) is 29.3 Å². The molecule has 0 atom stereocenters. The average Bonchev–Trinajstić information content (AvgIpc) is 3.70. The first-order valence-electron chi connectivity index (χ1n) is 26.3. The van der Waals surface area contributed by atoms with E-state index in [9.17, 15) is 6.48 Å². The molecule has 0 fully saturated rings. The molecule has 4 nitrogen and oxygen atoms in total. The molecule has 64 heavy (non-hydrogen) atoms. The van der Waals surface area contributed by atoms with Crippen molar-refractivity contribution in [2.24, 2.45) is 0 Å². The van der Waals surface area contributed by atoms with E-state index in [4.69, 9.17) is 16.0 Å². The summed E-state index contributed by atoms with van der Waals surface area (Å²) in [7, 11) is 0. The van der Waals surface area contributed by atoms with Gasteiger partial charge in [-0.05, 0) is 97.8 Å². The van der Waals surface area contributed by atoms with Gasteiger partial charge in [0.25, 0.3) is 0 Å². The zero-order valence-electron chi connectivity index (χ0n) is 47.8. The second kappa shape index (κ2) is 18.1. The minimum Gasteiger partial charge on any atom is -0.507 e. The number of aromatic hydroxyl groups is 1. The Kier molecular flexibility index (Phi) is 10.1. The Hall–Kier alpha value is -5.57. The number of aromatic nitrogens is 3. The van der Waals surface area contributed by atoms with Crippen molar-refractivity contribution in [1.82, 2.24) is 14.5 Å². The van der Waals surface area contributed by atoms with Crippen molar-refractivity contribution in [2.75, 3.05) is 0 Å². The fourth-order valence-corrected chi connectivity index (χ4v) is 8.01. The van der Waals surface area contributed by atoms with E-state index in [0.29, 0.717) is 33.6 Å². The van der Waals surface area contributed by atoms with Gasteiger partial charge >= 0.3 is 0 Å². The van der Waals surface area contributed by atoms with E-state index < -0.39 is 53.7 Å². The van der Waals surface area contributed by atoms with Crippen LogP contribution in [-0.4, -0.2) is 19.6 Å². The fraction of sp³-hybridized carbons (Fsp3) is 0.288. The molecular formula is C59H62N3OPt-. The molecule has 0 aliphatic carbocycles. The van der Waals surface area contributed by atoms with Gasteiger partial charge in [-0.25, -0.2) is 4.98 Å². The molecular weight excluding hydrogens is 962 g/mol. The standard InChI is InChI=1S/C59H62N3O.Pt/c1-36(2)41-23-26-53(50(32-41)40-21-24-46(25-22-40)58(7,8)9)62-54-20-16-19-48(55(54)61-57(62)51-34-43(37(3)4)33-49(38(5)6)56(51)63)44-29-45(31-47(30-44)59(10,11)12)52-35-42(27-28-60-52)39-17-14-13-15-18-39;/h13-28,30-38,63H,1-12H3;/q-1;/i13D,14D,15D,17D,18D,27D,28D,35D,36D;. The largest absolute Gasteiger partial charge is 0.507 e. The van der Waals surface area contributed by atoms with E-state index in [0.717, 1.165) is 44.6 Å². The molecule has 0 radical (unpaired) electrons. The van der Waals surface area contributed by atoms with Crippen LogP contribution in [0.15, 0.2) is 133 Å². The van der Waals surface area contributed by atoms with Gasteiger partial charge in [0.1, 0.15) is 11.6 Å². The molecule has 5 heteroatoms. The second-order valence-corrected chi connectivity index (χ2v) is 19.5. The molecule has 2 heterocycles. The normalized spacial score (nSPS) is 14.2. The Bertz CT molecular complexity index is 3440. The van der Waals surface area contributed by atoms with Gasteiger partial charge < -0.3 is 5.11 Å². The number of fused-ring (bicyclic) bond motifs is 1. The van der Waals surface area contributed by atoms with Crippen LogP contribution >= 0.6 is 0 Å². The summed E-state index contributed by atoms with van der Waals surface area (Å²) >= 11 is 0. The molecule has 6 aromatic carbocycles. The molecule has 330 valence electrons. The van der Waals surface area contributed by atoms with Gasteiger partial charge in [-0.1, -0.05) is 179 Å². The first kappa shape index (κ1) is 35.7. The Morgan fingerprint density at radius 3 is 1.97 bits per heavy atom. The Morgan fingerprint density at radius 2 is 1.33 bits per heavy atom. The number of benzene rings is 6. The number of phenolic OH excluding ortho intramolecular Hbond substituents is 1. The number of phenols is 1. The molecule has 0 spiro atoms. The molecule has 8 aromatic rings. The molecule has 0 aliphatic heterocycles. The van der Waals surface area contributed by atoms with Crippen molar-refractivity contribution in [2.45, 2.75) is 112 Å². The number of hydrogen-bond donors (Lipinski definition) is 1. The van der Waals surface area contributed by atoms with Gasteiger partial charge in [0.05, 0.1) is 33.3 Å². The van der Waals surface area contributed by atoms with Crippen molar-refractivity contribution in [1.29, 1.82) is 0 Å². The number of imidazole rings is 1. The van der Waals surface area contributed by atoms with Crippen LogP contribution in [0.25, 0.3) is 72.7 Å². The molecule has 8 rings (SSSR count). The average molecular weight is 1030 g/mol. The van der Waals surface area contributed by atoms with Crippen LogP contribution in [0.5, 0.6) is 5.75 Å². The minimum absolute atomic E-state index is 0. The zero-order chi connectivity index (χ0) is 52.8. The van der Waals surface area contributed by atoms with Gasteiger partial charge in [-0.3, -0.25) is 9.55 Å². The quantitative estimate of drug-likeness (QED) is 0.147. The van der Waals surface area contributed by atoms with Gasteiger partial charge in [0.2, 0.25) is 0 Å². The summed E-state index contributed by atoms with van der Waals surface area (Å²) in [6.07, 6.45) is -0.530. The predicted octanol–water partition coefficient (Wildman–Crippen LogP) is 16.2. The van der Waals surface area contributed by atoms with Gasteiger partial charge in [0, 0.05) is 39.9 Å². The maximum atomic E-state index is 12.4. The Morgan fingerprint density at radius 1 is 0.656 bits per heavy atom. The van der Waals surface area contributed by atoms with E-state index in [1.165, 1.54) is 5.56 Å². The number of nitrogens with zero attached hydrogens (tertiary/aromatic N) is 3. The summed E-state index contributed by atoms with van der Waals surface area (Å²) in [6.45, 7) is 24.8. The summed E-state index contributed by atoms with van der Waals surface area (Å²) in [5.41, 5.74) is 9.46. The summed E-state index contributed by atoms with van der Waals surface area (Å²) < 4.78 is 80.9. The second-order valence-electron chi connectivity index (χ2n) is 19.5. The topological polar surface area (TPSA) is 50.9 Å². The van der Waals surface area contributed by atoms with E-state index in [2.05, 4.69) is 100 Å². The smallest absolute Gasteiger partial charge is 0.148 e. The van der Waals surface area contributed by atoms with Crippen LogP contribution in [0.2, 0.25) is 0 Å². The number of hydrogen-bond acceptors (Lipinski definition) is 3. The van der Waals surface area contributed by atoms with Crippen LogP contribution in [0, 0.1) is 6.07 Å². The first-order valence-corrected chi connectivity index (χ1v) is 21.8. The van der Waals surface area contributed by atoms with Crippen LogP contribution < -0.4 is 0 Å². The van der Waals surface area contributed by atoms with Crippen molar-refractivity contribution >= 4 is 11.0 Å². The molecule has 0 saturated heterocycles. The van der Waals surface area contributed by atoms with Gasteiger partial charge in [-0.2, -0.15) is 0 Å². The molecule has 0 aliphatic rings. The monoisotopic (exact) mass is 1030 g/mol. The summed E-state index contributed by atoms with van der Waals surface area (Å²) in [5.74, 6) is -0.171. The van der Waals surface area contributed by atoms with E-state index in [1.54, 1.807) is 0 Å². The minimum atomic E-state index is -0.918. The van der Waals surface area contributed by atoms with E-state index >= 15 is 0 Å². The van der Waals surface area contributed by atoms with Crippen molar-refractivity contribution in [3.05, 3.63) is 167 Å². The molecule has 0 saturated carbocycles. The summed E-state index contributed by atoms with van der Waals surface area (Å²) in [5, 5.41) is 12.4. The van der Waals surface area contributed by atoms with Crippen molar-refractivity contribution in [3.8, 4) is 67.5 Å². The maximum absolute atomic E-state index is 12.4. The van der Waals surface area contributed by atoms with Crippen LogP contribution in [0.3, 0.4) is 0 Å². The SMILES string of the molecule is [2H]c1nc(-c2[c-]c(-c3cccc4c3nc(-c3cc(C(C)C)cc(C(C)C)c3O)n4-c3ccc(C([2H])(C)C)cc3-c3ccc(C(C)(C)C)cc3)cc(C(C)(C)C)c2)c([2H])c(-c2c([2H])c([2H])c([2H])c([2H])c2[2H])c1[2H].[Pt]. The first-order chi connectivity index (χ1) is 33.5. The molecule has 0 amide bonds. The van der Waals surface area contributed by atoms with Crippen molar-refractivity contribution in [3.63, 3.8) is 0 Å². The molecule has 1 N–H and O–H groups in total. The number of para-hydroxylation sites is 1. The van der Waals surface area contributed by atoms with Crippen LogP contribution in [-0.2, 0) is 31.9 Å².